The lowest BCUT2D eigenvalue weighted by atomic mass is 9.75. The van der Waals surface area contributed by atoms with Crippen molar-refractivity contribution in [1.82, 2.24) is 14.5 Å². The molecule has 0 radical (unpaired) electrons. The van der Waals surface area contributed by atoms with Crippen LogP contribution in [0.3, 0.4) is 0 Å². The summed E-state index contributed by atoms with van der Waals surface area (Å²) < 4.78 is 13.0. The molecule has 0 spiro atoms. The van der Waals surface area contributed by atoms with E-state index in [1.165, 1.54) is 0 Å². The van der Waals surface area contributed by atoms with Crippen LogP contribution in [0.5, 0.6) is 11.5 Å². The minimum atomic E-state index is -0.763. The number of ether oxygens (including phenoxy) is 2. The molecule has 8 nitrogen and oxygen atoms in total. The molecule has 35 heavy (non-hydrogen) atoms. The maximum absolute atomic E-state index is 12.6. The predicted octanol–water partition coefficient (Wildman–Crippen LogP) is 3.62. The van der Waals surface area contributed by atoms with Crippen LogP contribution >= 0.6 is 0 Å². The lowest BCUT2D eigenvalue weighted by Gasteiger charge is -2.39. The summed E-state index contributed by atoms with van der Waals surface area (Å²) >= 11 is 0. The van der Waals surface area contributed by atoms with Gasteiger partial charge in [-0.05, 0) is 68.8 Å². The zero-order valence-electron chi connectivity index (χ0n) is 20.0. The van der Waals surface area contributed by atoms with Gasteiger partial charge in [0, 0.05) is 25.2 Å². The highest BCUT2D eigenvalue weighted by Gasteiger charge is 2.41. The second kappa shape index (κ2) is 9.70. The molecule has 1 saturated heterocycles. The molecule has 1 aromatic carbocycles. The van der Waals surface area contributed by atoms with E-state index in [0.717, 1.165) is 27.9 Å². The molecule has 5 rings (SSSR count). The van der Waals surface area contributed by atoms with Gasteiger partial charge in [-0.2, -0.15) is 0 Å². The number of hydrogen-bond acceptors (Lipinski definition) is 6. The van der Waals surface area contributed by atoms with Gasteiger partial charge < -0.3 is 19.1 Å². The van der Waals surface area contributed by atoms with Gasteiger partial charge in [-0.1, -0.05) is 12.1 Å². The van der Waals surface area contributed by atoms with E-state index < -0.39 is 11.4 Å². The van der Waals surface area contributed by atoms with Gasteiger partial charge in [0.25, 0.3) is 5.56 Å². The van der Waals surface area contributed by atoms with Crippen LogP contribution in [0.25, 0.3) is 10.9 Å². The highest BCUT2D eigenvalue weighted by molar-refractivity contribution is 5.79. The quantitative estimate of drug-likeness (QED) is 0.555. The highest BCUT2D eigenvalue weighted by Crippen LogP contribution is 2.37. The second-order valence-electron chi connectivity index (χ2n) is 9.67. The minimum absolute atomic E-state index is 0.0470. The van der Waals surface area contributed by atoms with Gasteiger partial charge in [-0.3, -0.25) is 19.5 Å². The van der Waals surface area contributed by atoms with Crippen molar-refractivity contribution < 1.29 is 19.4 Å². The molecule has 1 fully saturated rings. The van der Waals surface area contributed by atoms with Crippen LogP contribution in [-0.2, 0) is 17.9 Å². The van der Waals surface area contributed by atoms with Crippen molar-refractivity contribution in [2.75, 3.05) is 26.3 Å². The number of aromatic nitrogens is 2. The van der Waals surface area contributed by atoms with Gasteiger partial charge in [-0.25, -0.2) is 0 Å². The van der Waals surface area contributed by atoms with Crippen LogP contribution in [-0.4, -0.2) is 51.8 Å². The van der Waals surface area contributed by atoms with Gasteiger partial charge in [0.05, 0.1) is 22.8 Å². The predicted molar refractivity (Wildman–Crippen MR) is 132 cm³/mol. The van der Waals surface area contributed by atoms with Crippen LogP contribution in [0.2, 0.25) is 0 Å². The molecule has 0 unspecified atom stereocenters. The Hall–Kier alpha value is -3.39. The van der Waals surface area contributed by atoms with E-state index in [9.17, 15) is 14.7 Å². The highest BCUT2D eigenvalue weighted by atomic mass is 16.6. The smallest absolute Gasteiger partial charge is 0.309 e. The summed E-state index contributed by atoms with van der Waals surface area (Å²) in [5, 5.41) is 11.1. The standard InChI is InChI=1S/C27H31N3O5/c1-19-3-4-20-5-6-25(31)30(22(20)15-19)10-2-7-27(26(32)33)8-11-29(12-9-27)18-21-16-23-24(17-28-21)35-14-13-34-23/h3-6,15-17H,2,7-14,18H2,1H3,(H,32,33). The fourth-order valence-corrected chi connectivity index (χ4v) is 5.22. The SMILES string of the molecule is Cc1ccc2ccc(=O)n(CCCC3(C(=O)O)CCN(Cc4cc5c(cn4)OCCO5)CC3)c2c1. The largest absolute Gasteiger partial charge is 0.486 e. The molecule has 3 aromatic rings. The third-order valence-electron chi connectivity index (χ3n) is 7.32. The van der Waals surface area contributed by atoms with Gasteiger partial charge >= 0.3 is 5.97 Å². The van der Waals surface area contributed by atoms with Crippen LogP contribution in [0, 0.1) is 12.3 Å². The fourth-order valence-electron chi connectivity index (χ4n) is 5.22. The minimum Gasteiger partial charge on any atom is -0.486 e. The molecular formula is C27H31N3O5. The van der Waals surface area contributed by atoms with E-state index in [1.807, 2.05) is 37.3 Å². The molecule has 2 aliphatic heterocycles. The third-order valence-corrected chi connectivity index (χ3v) is 7.32. The maximum Gasteiger partial charge on any atom is 0.309 e. The molecule has 0 saturated carbocycles. The number of aryl methyl sites for hydroxylation is 2. The van der Waals surface area contributed by atoms with E-state index >= 15 is 0 Å². The van der Waals surface area contributed by atoms with Gasteiger partial charge in [0.1, 0.15) is 13.2 Å². The summed E-state index contributed by atoms with van der Waals surface area (Å²) in [6.45, 7) is 5.62. The van der Waals surface area contributed by atoms with E-state index in [4.69, 9.17) is 9.47 Å². The number of nitrogens with zero attached hydrogens (tertiary/aromatic N) is 3. The number of piperidine rings is 1. The first-order valence-corrected chi connectivity index (χ1v) is 12.2. The molecule has 4 heterocycles. The molecule has 1 N–H and O–H groups in total. The summed E-state index contributed by atoms with van der Waals surface area (Å²) in [5.74, 6) is 0.650. The molecule has 184 valence electrons. The molecule has 2 aliphatic rings. The van der Waals surface area contributed by atoms with Crippen molar-refractivity contribution in [2.24, 2.45) is 5.41 Å². The molecule has 0 bridgehead atoms. The van der Waals surface area contributed by atoms with Crippen LogP contribution in [0.15, 0.2) is 47.4 Å². The Kier molecular flexibility index (Phi) is 6.47. The first kappa shape index (κ1) is 23.4. The average molecular weight is 478 g/mol. The number of fused-ring (bicyclic) bond motifs is 2. The number of carboxylic acids is 1. The molecule has 8 heteroatoms. The van der Waals surface area contributed by atoms with Crippen LogP contribution in [0.1, 0.15) is 36.9 Å². The molecule has 2 aromatic heterocycles. The van der Waals surface area contributed by atoms with Gasteiger partial charge in [-0.15, -0.1) is 0 Å². The second-order valence-corrected chi connectivity index (χ2v) is 9.67. The van der Waals surface area contributed by atoms with Crippen molar-refractivity contribution in [2.45, 2.75) is 45.7 Å². The van der Waals surface area contributed by atoms with E-state index in [2.05, 4.69) is 9.88 Å². The Morgan fingerprint density at radius 1 is 1.09 bits per heavy atom. The zero-order chi connectivity index (χ0) is 24.4. The molecule has 0 atom stereocenters. The van der Waals surface area contributed by atoms with Crippen LogP contribution in [0.4, 0.5) is 0 Å². The fraction of sp³-hybridized carbons (Fsp3) is 0.444. The van der Waals surface area contributed by atoms with E-state index in [-0.39, 0.29) is 5.56 Å². The Morgan fingerprint density at radius 2 is 1.83 bits per heavy atom. The number of aliphatic carboxylic acids is 1. The first-order valence-electron chi connectivity index (χ1n) is 12.2. The Labute approximate surface area is 204 Å². The summed E-state index contributed by atoms with van der Waals surface area (Å²) in [6, 6.07) is 11.4. The van der Waals surface area contributed by atoms with E-state index in [0.29, 0.717) is 70.8 Å². The monoisotopic (exact) mass is 477 g/mol. The lowest BCUT2D eigenvalue weighted by molar-refractivity contribution is -0.152. The van der Waals surface area contributed by atoms with Gasteiger partial charge in [0.15, 0.2) is 11.5 Å². The van der Waals surface area contributed by atoms with E-state index in [1.54, 1.807) is 16.8 Å². The van der Waals surface area contributed by atoms with Crippen molar-refractivity contribution in [3.05, 3.63) is 64.2 Å². The zero-order valence-corrected chi connectivity index (χ0v) is 20.0. The number of pyridine rings is 2. The summed E-state index contributed by atoms with van der Waals surface area (Å²) in [7, 11) is 0. The number of carbonyl (C=O) groups is 1. The third kappa shape index (κ3) is 4.89. The molecule has 0 aliphatic carbocycles. The maximum atomic E-state index is 12.6. The van der Waals surface area contributed by atoms with Crippen molar-refractivity contribution in [3.63, 3.8) is 0 Å². The van der Waals surface area contributed by atoms with Crippen molar-refractivity contribution >= 4 is 16.9 Å². The van der Waals surface area contributed by atoms with Gasteiger partial charge in [0.2, 0.25) is 0 Å². The number of likely N-dealkylation sites (tertiary alicyclic amines) is 1. The number of rotatable bonds is 7. The number of benzene rings is 1. The van der Waals surface area contributed by atoms with Crippen LogP contribution < -0.4 is 15.0 Å². The topological polar surface area (TPSA) is 93.9 Å². The Bertz CT molecular complexity index is 1290. The Morgan fingerprint density at radius 3 is 2.60 bits per heavy atom. The molecular weight excluding hydrogens is 446 g/mol. The van der Waals surface area contributed by atoms with Crippen molar-refractivity contribution in [1.29, 1.82) is 0 Å². The lowest BCUT2D eigenvalue weighted by Crippen LogP contribution is -2.44. The first-order chi connectivity index (χ1) is 16.9. The summed E-state index contributed by atoms with van der Waals surface area (Å²) in [4.78, 5) is 31.6. The van der Waals surface area contributed by atoms with Crippen molar-refractivity contribution in [3.8, 4) is 11.5 Å². The summed E-state index contributed by atoms with van der Waals surface area (Å²) in [6.07, 6.45) is 4.05. The normalized spacial score (nSPS) is 17.4. The molecule has 0 amide bonds. The average Bonchev–Trinajstić information content (AvgIpc) is 2.86. The Balaban J connectivity index is 1.22. The number of carboxylic acid groups (broad SMARTS) is 1. The summed E-state index contributed by atoms with van der Waals surface area (Å²) in [5.41, 5.74) is 2.08. The number of hydrogen-bond donors (Lipinski definition) is 1.